The van der Waals surface area contributed by atoms with Crippen molar-refractivity contribution < 1.29 is 9.53 Å². The summed E-state index contributed by atoms with van der Waals surface area (Å²) >= 11 is 0. The number of anilines is 2. The Kier molecular flexibility index (Phi) is 5.19. The van der Waals surface area contributed by atoms with Gasteiger partial charge >= 0.3 is 6.09 Å². The van der Waals surface area contributed by atoms with Gasteiger partial charge in [0.25, 0.3) is 0 Å². The van der Waals surface area contributed by atoms with Gasteiger partial charge in [-0.3, -0.25) is 0 Å². The fourth-order valence-electron chi connectivity index (χ4n) is 2.37. The highest BCUT2D eigenvalue weighted by atomic mass is 16.5. The lowest BCUT2D eigenvalue weighted by molar-refractivity contribution is 0.167. The number of aryl methyl sites for hydroxylation is 1. The predicted molar refractivity (Wildman–Crippen MR) is 81.7 cm³/mol. The zero-order valence-corrected chi connectivity index (χ0v) is 12.8. The van der Waals surface area contributed by atoms with Crippen LogP contribution in [0.5, 0.6) is 0 Å². The molecule has 0 spiro atoms. The quantitative estimate of drug-likeness (QED) is 0.857. The molecule has 2 rings (SSSR count). The molecule has 1 unspecified atom stereocenters. The second kappa shape index (κ2) is 7.10. The van der Waals surface area contributed by atoms with E-state index < -0.39 is 0 Å². The van der Waals surface area contributed by atoms with Crippen molar-refractivity contribution in [1.29, 1.82) is 0 Å². The molecule has 1 aliphatic rings. The molecule has 0 saturated carbocycles. The molecule has 1 fully saturated rings. The molecular formula is C14H23N5O2. The zero-order valence-electron chi connectivity index (χ0n) is 12.8. The number of methoxy groups -OCH3 is 1. The fraction of sp³-hybridized carbons (Fsp3) is 0.643. The Morgan fingerprint density at radius 3 is 3.05 bits per heavy atom. The number of amides is 1. The van der Waals surface area contributed by atoms with Gasteiger partial charge in [-0.25, -0.2) is 14.8 Å². The van der Waals surface area contributed by atoms with E-state index in [1.54, 1.807) is 0 Å². The van der Waals surface area contributed by atoms with Gasteiger partial charge in [-0.15, -0.1) is 0 Å². The van der Waals surface area contributed by atoms with Crippen LogP contribution in [0.1, 0.15) is 25.6 Å². The number of rotatable bonds is 5. The molecule has 1 atom stereocenters. The molecular weight excluding hydrogens is 270 g/mol. The van der Waals surface area contributed by atoms with Crippen molar-refractivity contribution >= 4 is 17.7 Å². The number of hydrogen-bond donors (Lipinski definition) is 2. The molecule has 0 aromatic carbocycles. The van der Waals surface area contributed by atoms with Gasteiger partial charge < -0.3 is 20.3 Å². The minimum atomic E-state index is -0.383. The van der Waals surface area contributed by atoms with Gasteiger partial charge in [0.15, 0.2) is 0 Å². The standard InChI is InChI=1S/C14H23N5O2/c1-4-6-15-12-8-13(17-10(2)16-12)19-7-5-11(9-19)18-14(20)21-3/h8,11H,4-7,9H2,1-3H3,(H,18,20)(H,15,16,17). The molecule has 1 amide bonds. The lowest BCUT2D eigenvalue weighted by Crippen LogP contribution is -2.37. The number of nitrogens with zero attached hydrogens (tertiary/aromatic N) is 3. The number of hydrogen-bond acceptors (Lipinski definition) is 6. The van der Waals surface area contributed by atoms with E-state index in [-0.39, 0.29) is 12.1 Å². The van der Waals surface area contributed by atoms with Crippen LogP contribution in [0.15, 0.2) is 6.07 Å². The summed E-state index contributed by atoms with van der Waals surface area (Å²) in [5, 5.41) is 6.11. The molecule has 1 aromatic heterocycles. The molecule has 0 aliphatic carbocycles. The van der Waals surface area contributed by atoms with Crippen LogP contribution in [0.2, 0.25) is 0 Å². The van der Waals surface area contributed by atoms with Crippen LogP contribution in [0.3, 0.4) is 0 Å². The molecule has 2 N–H and O–H groups in total. The maximum atomic E-state index is 11.2. The first kappa shape index (κ1) is 15.3. The Morgan fingerprint density at radius 2 is 2.33 bits per heavy atom. The maximum Gasteiger partial charge on any atom is 0.407 e. The topological polar surface area (TPSA) is 79.4 Å². The lowest BCUT2D eigenvalue weighted by atomic mass is 10.3. The third-order valence-corrected chi connectivity index (χ3v) is 3.40. The summed E-state index contributed by atoms with van der Waals surface area (Å²) < 4.78 is 4.63. The highest BCUT2D eigenvalue weighted by Gasteiger charge is 2.25. The number of carbonyl (C=O) groups is 1. The van der Waals surface area contributed by atoms with E-state index in [0.29, 0.717) is 0 Å². The first-order valence-corrected chi connectivity index (χ1v) is 7.31. The van der Waals surface area contributed by atoms with Gasteiger partial charge in [-0.05, 0) is 19.8 Å². The number of aromatic nitrogens is 2. The average Bonchev–Trinajstić information content (AvgIpc) is 2.93. The van der Waals surface area contributed by atoms with E-state index in [4.69, 9.17) is 0 Å². The van der Waals surface area contributed by atoms with Crippen molar-refractivity contribution in [2.24, 2.45) is 0 Å². The molecule has 21 heavy (non-hydrogen) atoms. The van der Waals surface area contributed by atoms with E-state index in [2.05, 4.69) is 37.2 Å². The summed E-state index contributed by atoms with van der Waals surface area (Å²) in [6.45, 7) is 6.49. The largest absolute Gasteiger partial charge is 0.453 e. The first-order valence-electron chi connectivity index (χ1n) is 7.31. The smallest absolute Gasteiger partial charge is 0.407 e. The number of carbonyl (C=O) groups excluding carboxylic acids is 1. The number of alkyl carbamates (subject to hydrolysis) is 1. The summed E-state index contributed by atoms with van der Waals surface area (Å²) in [5.41, 5.74) is 0. The van der Waals surface area contributed by atoms with Gasteiger partial charge in [0.1, 0.15) is 17.5 Å². The SMILES string of the molecule is CCCNc1cc(N2CCC(NC(=O)OC)C2)nc(C)n1. The van der Waals surface area contributed by atoms with Crippen LogP contribution in [0, 0.1) is 6.92 Å². The van der Waals surface area contributed by atoms with Crippen LogP contribution in [0.25, 0.3) is 0 Å². The molecule has 116 valence electrons. The third kappa shape index (κ3) is 4.21. The van der Waals surface area contributed by atoms with E-state index >= 15 is 0 Å². The van der Waals surface area contributed by atoms with E-state index in [1.165, 1.54) is 7.11 Å². The Labute approximate surface area is 125 Å². The second-order valence-electron chi connectivity index (χ2n) is 5.15. The van der Waals surface area contributed by atoms with E-state index in [0.717, 1.165) is 49.9 Å². The lowest BCUT2D eigenvalue weighted by Gasteiger charge is -2.19. The van der Waals surface area contributed by atoms with Crippen molar-refractivity contribution in [3.05, 3.63) is 11.9 Å². The minimum Gasteiger partial charge on any atom is -0.453 e. The van der Waals surface area contributed by atoms with Crippen molar-refractivity contribution in [3.8, 4) is 0 Å². The highest BCUT2D eigenvalue weighted by Crippen LogP contribution is 2.21. The molecule has 0 bridgehead atoms. The second-order valence-corrected chi connectivity index (χ2v) is 5.15. The summed E-state index contributed by atoms with van der Waals surface area (Å²) in [5.74, 6) is 2.49. The Balaban J connectivity index is 2.01. The Bertz CT molecular complexity index is 494. The Morgan fingerprint density at radius 1 is 1.52 bits per heavy atom. The maximum absolute atomic E-state index is 11.2. The van der Waals surface area contributed by atoms with E-state index in [1.807, 2.05) is 13.0 Å². The number of ether oxygens (including phenoxy) is 1. The van der Waals surface area contributed by atoms with Crippen molar-refractivity contribution in [1.82, 2.24) is 15.3 Å². The molecule has 0 radical (unpaired) electrons. The zero-order chi connectivity index (χ0) is 15.2. The third-order valence-electron chi connectivity index (χ3n) is 3.40. The predicted octanol–water partition coefficient (Wildman–Crippen LogP) is 1.54. The highest BCUT2D eigenvalue weighted by molar-refractivity contribution is 5.67. The van der Waals surface area contributed by atoms with Gasteiger partial charge in [0.05, 0.1) is 13.2 Å². The van der Waals surface area contributed by atoms with Gasteiger partial charge in [-0.2, -0.15) is 0 Å². The average molecular weight is 293 g/mol. The molecule has 7 heteroatoms. The van der Waals surface area contributed by atoms with Gasteiger partial charge in [0.2, 0.25) is 0 Å². The minimum absolute atomic E-state index is 0.0970. The van der Waals surface area contributed by atoms with Crippen molar-refractivity contribution in [3.63, 3.8) is 0 Å². The molecule has 1 aliphatic heterocycles. The van der Waals surface area contributed by atoms with Gasteiger partial charge in [0, 0.05) is 25.7 Å². The van der Waals surface area contributed by atoms with Crippen molar-refractivity contribution in [2.45, 2.75) is 32.7 Å². The van der Waals surface area contributed by atoms with Crippen LogP contribution in [-0.4, -0.2) is 48.8 Å². The summed E-state index contributed by atoms with van der Waals surface area (Å²) in [7, 11) is 1.38. The summed E-state index contributed by atoms with van der Waals surface area (Å²) in [6.07, 6.45) is 1.55. The van der Waals surface area contributed by atoms with Crippen LogP contribution in [-0.2, 0) is 4.74 Å². The fourth-order valence-corrected chi connectivity index (χ4v) is 2.37. The van der Waals surface area contributed by atoms with Crippen LogP contribution >= 0.6 is 0 Å². The number of nitrogens with one attached hydrogen (secondary N) is 2. The van der Waals surface area contributed by atoms with Crippen molar-refractivity contribution in [2.75, 3.05) is 37.0 Å². The Hall–Kier alpha value is -2.05. The van der Waals surface area contributed by atoms with Crippen LogP contribution < -0.4 is 15.5 Å². The normalized spacial score (nSPS) is 17.7. The summed E-state index contributed by atoms with van der Waals surface area (Å²) in [4.78, 5) is 22.3. The first-order chi connectivity index (χ1) is 10.1. The molecule has 7 nitrogen and oxygen atoms in total. The van der Waals surface area contributed by atoms with Gasteiger partial charge in [-0.1, -0.05) is 6.92 Å². The molecule has 1 saturated heterocycles. The summed E-state index contributed by atoms with van der Waals surface area (Å²) in [6, 6.07) is 2.06. The molecule has 2 heterocycles. The molecule has 1 aromatic rings. The van der Waals surface area contributed by atoms with Crippen LogP contribution in [0.4, 0.5) is 16.4 Å². The van der Waals surface area contributed by atoms with E-state index in [9.17, 15) is 4.79 Å². The monoisotopic (exact) mass is 293 g/mol.